The van der Waals surface area contributed by atoms with Gasteiger partial charge in [0.2, 0.25) is 0 Å². The summed E-state index contributed by atoms with van der Waals surface area (Å²) in [6, 6.07) is 7.92. The standard InChI is InChI=1S/C16H19BrN2O2/c1-16(2,3)21-14(20)10-18-9-11-6-7-13(17)12-5-4-8-19-15(11)12/h4-8,18H,9-10H2,1-3H3. The van der Waals surface area contributed by atoms with Crippen molar-refractivity contribution in [3.8, 4) is 0 Å². The number of ether oxygens (including phenoxy) is 1. The van der Waals surface area contributed by atoms with E-state index in [1.54, 1.807) is 6.20 Å². The third-order valence-corrected chi connectivity index (χ3v) is 3.50. The fourth-order valence-corrected chi connectivity index (χ4v) is 2.47. The van der Waals surface area contributed by atoms with Crippen molar-refractivity contribution < 1.29 is 9.53 Å². The highest BCUT2D eigenvalue weighted by molar-refractivity contribution is 9.10. The fourth-order valence-electron chi connectivity index (χ4n) is 2.02. The minimum absolute atomic E-state index is 0.182. The van der Waals surface area contributed by atoms with Crippen LogP contribution >= 0.6 is 15.9 Å². The number of carbonyl (C=O) groups is 1. The molecule has 1 heterocycles. The molecule has 4 nitrogen and oxygen atoms in total. The lowest BCUT2D eigenvalue weighted by molar-refractivity contribution is -0.153. The third kappa shape index (κ3) is 4.51. The highest BCUT2D eigenvalue weighted by Crippen LogP contribution is 2.25. The SMILES string of the molecule is CC(C)(C)OC(=O)CNCc1ccc(Br)c2cccnc12. The van der Waals surface area contributed by atoms with E-state index in [0.29, 0.717) is 6.54 Å². The first-order valence-corrected chi connectivity index (χ1v) is 7.61. The molecule has 1 aromatic carbocycles. The first kappa shape index (κ1) is 15.9. The molecule has 0 bridgehead atoms. The molecule has 0 atom stereocenters. The molecule has 0 unspecified atom stereocenters. The zero-order valence-corrected chi connectivity index (χ0v) is 14.0. The molecule has 21 heavy (non-hydrogen) atoms. The van der Waals surface area contributed by atoms with Gasteiger partial charge >= 0.3 is 5.97 Å². The minimum atomic E-state index is -0.454. The van der Waals surface area contributed by atoms with Gasteiger partial charge in [-0.05, 0) is 38.5 Å². The molecule has 0 fully saturated rings. The van der Waals surface area contributed by atoms with E-state index in [1.165, 1.54) is 0 Å². The van der Waals surface area contributed by atoms with Crippen LogP contribution in [0.2, 0.25) is 0 Å². The van der Waals surface area contributed by atoms with E-state index in [2.05, 4.69) is 26.2 Å². The summed E-state index contributed by atoms with van der Waals surface area (Å²) < 4.78 is 6.27. The summed E-state index contributed by atoms with van der Waals surface area (Å²) in [4.78, 5) is 16.1. The van der Waals surface area contributed by atoms with Crippen LogP contribution in [0.25, 0.3) is 10.9 Å². The Morgan fingerprint density at radius 3 is 2.81 bits per heavy atom. The number of esters is 1. The molecule has 0 spiro atoms. The van der Waals surface area contributed by atoms with E-state index >= 15 is 0 Å². The van der Waals surface area contributed by atoms with Gasteiger partial charge < -0.3 is 10.1 Å². The van der Waals surface area contributed by atoms with Gasteiger partial charge in [0.1, 0.15) is 5.60 Å². The number of aromatic nitrogens is 1. The van der Waals surface area contributed by atoms with Crippen LogP contribution < -0.4 is 5.32 Å². The summed E-state index contributed by atoms with van der Waals surface area (Å²) in [6.45, 7) is 6.33. The molecule has 1 aromatic heterocycles. The van der Waals surface area contributed by atoms with Crippen LogP contribution in [-0.2, 0) is 16.1 Å². The van der Waals surface area contributed by atoms with Crippen molar-refractivity contribution in [1.82, 2.24) is 10.3 Å². The van der Waals surface area contributed by atoms with Crippen molar-refractivity contribution >= 4 is 32.8 Å². The molecule has 112 valence electrons. The Balaban J connectivity index is 2.02. The van der Waals surface area contributed by atoms with Gasteiger partial charge in [0, 0.05) is 22.6 Å². The summed E-state index contributed by atoms with van der Waals surface area (Å²) in [6.07, 6.45) is 1.77. The molecule has 1 N–H and O–H groups in total. The van der Waals surface area contributed by atoms with Crippen molar-refractivity contribution in [2.24, 2.45) is 0 Å². The lowest BCUT2D eigenvalue weighted by Crippen LogP contribution is -2.31. The number of carbonyl (C=O) groups excluding carboxylic acids is 1. The van der Waals surface area contributed by atoms with Gasteiger partial charge in [0.05, 0.1) is 12.1 Å². The van der Waals surface area contributed by atoms with Crippen molar-refractivity contribution in [3.63, 3.8) is 0 Å². The molecule has 0 aliphatic carbocycles. The second-order valence-electron chi connectivity index (χ2n) is 5.80. The summed E-state index contributed by atoms with van der Waals surface area (Å²) in [7, 11) is 0. The van der Waals surface area contributed by atoms with Gasteiger partial charge in [-0.1, -0.05) is 28.1 Å². The van der Waals surface area contributed by atoms with Gasteiger partial charge in [0.15, 0.2) is 0 Å². The fraction of sp³-hybridized carbons (Fsp3) is 0.375. The molecule has 0 saturated heterocycles. The zero-order valence-electron chi connectivity index (χ0n) is 12.4. The zero-order chi connectivity index (χ0) is 15.5. The second kappa shape index (κ2) is 6.54. The molecule has 2 aromatic rings. The number of nitrogens with one attached hydrogen (secondary N) is 1. The Labute approximate surface area is 133 Å². The van der Waals surface area contributed by atoms with Gasteiger partial charge in [-0.2, -0.15) is 0 Å². The minimum Gasteiger partial charge on any atom is -0.459 e. The maximum atomic E-state index is 11.7. The number of fused-ring (bicyclic) bond motifs is 1. The predicted molar refractivity (Wildman–Crippen MR) is 87.0 cm³/mol. The highest BCUT2D eigenvalue weighted by atomic mass is 79.9. The first-order chi connectivity index (χ1) is 9.87. The smallest absolute Gasteiger partial charge is 0.320 e. The van der Waals surface area contributed by atoms with Gasteiger partial charge in [-0.3, -0.25) is 9.78 Å². The average molecular weight is 351 g/mol. The molecule has 2 rings (SSSR count). The Kier molecular flexibility index (Phi) is 4.96. The monoisotopic (exact) mass is 350 g/mol. The summed E-state index contributed by atoms with van der Waals surface area (Å²) in [5.41, 5.74) is 1.53. The Bertz CT molecular complexity index is 650. The molecule has 0 radical (unpaired) electrons. The summed E-state index contributed by atoms with van der Waals surface area (Å²) >= 11 is 3.52. The molecule has 5 heteroatoms. The number of rotatable bonds is 4. The van der Waals surface area contributed by atoms with Gasteiger partial charge in [-0.15, -0.1) is 0 Å². The normalized spacial score (nSPS) is 11.6. The average Bonchev–Trinajstić information content (AvgIpc) is 2.40. The molecule has 0 aliphatic rings. The van der Waals surface area contributed by atoms with Crippen LogP contribution in [0.3, 0.4) is 0 Å². The molecule has 0 saturated carbocycles. The summed E-state index contributed by atoms with van der Waals surface area (Å²) in [5.74, 6) is -0.253. The van der Waals surface area contributed by atoms with Gasteiger partial charge in [-0.25, -0.2) is 0 Å². The van der Waals surface area contributed by atoms with E-state index in [9.17, 15) is 4.79 Å². The van der Waals surface area contributed by atoms with Crippen molar-refractivity contribution in [2.75, 3.05) is 6.54 Å². The first-order valence-electron chi connectivity index (χ1n) is 6.81. The number of hydrogen-bond donors (Lipinski definition) is 1. The third-order valence-electron chi connectivity index (χ3n) is 2.80. The molecule has 0 aliphatic heterocycles. The predicted octanol–water partition coefficient (Wildman–Crippen LogP) is 3.43. The second-order valence-corrected chi connectivity index (χ2v) is 6.65. The maximum absolute atomic E-state index is 11.7. The Hall–Kier alpha value is -1.46. The van der Waals surface area contributed by atoms with Crippen LogP contribution in [0.1, 0.15) is 26.3 Å². The largest absolute Gasteiger partial charge is 0.459 e. The van der Waals surface area contributed by atoms with Gasteiger partial charge in [0.25, 0.3) is 0 Å². The van der Waals surface area contributed by atoms with Crippen molar-refractivity contribution in [3.05, 3.63) is 40.5 Å². The van der Waals surface area contributed by atoms with Crippen molar-refractivity contribution in [1.29, 1.82) is 0 Å². The topological polar surface area (TPSA) is 51.2 Å². The number of nitrogens with zero attached hydrogens (tertiary/aromatic N) is 1. The van der Waals surface area contributed by atoms with Crippen LogP contribution in [0.15, 0.2) is 34.9 Å². The quantitative estimate of drug-likeness (QED) is 0.858. The van der Waals surface area contributed by atoms with E-state index < -0.39 is 5.60 Å². The van der Waals surface area contributed by atoms with E-state index in [0.717, 1.165) is 20.9 Å². The maximum Gasteiger partial charge on any atom is 0.320 e. The Morgan fingerprint density at radius 1 is 1.33 bits per heavy atom. The van der Waals surface area contributed by atoms with Crippen molar-refractivity contribution in [2.45, 2.75) is 32.9 Å². The number of benzene rings is 1. The summed E-state index contributed by atoms with van der Waals surface area (Å²) in [5, 5.41) is 4.17. The number of hydrogen-bond acceptors (Lipinski definition) is 4. The number of halogens is 1. The molecule has 0 amide bonds. The molecular formula is C16H19BrN2O2. The molecular weight excluding hydrogens is 332 g/mol. The van der Waals surface area contributed by atoms with Crippen LogP contribution in [0.5, 0.6) is 0 Å². The van der Waals surface area contributed by atoms with E-state index in [1.807, 2.05) is 45.0 Å². The van der Waals surface area contributed by atoms with E-state index in [-0.39, 0.29) is 12.5 Å². The lowest BCUT2D eigenvalue weighted by atomic mass is 10.1. The van der Waals surface area contributed by atoms with Crippen LogP contribution in [0.4, 0.5) is 0 Å². The van der Waals surface area contributed by atoms with Crippen LogP contribution in [0, 0.1) is 0 Å². The number of pyridine rings is 1. The van der Waals surface area contributed by atoms with Crippen LogP contribution in [-0.4, -0.2) is 23.1 Å². The van der Waals surface area contributed by atoms with E-state index in [4.69, 9.17) is 4.74 Å². The Morgan fingerprint density at radius 2 is 2.10 bits per heavy atom. The lowest BCUT2D eigenvalue weighted by Gasteiger charge is -2.19. The highest BCUT2D eigenvalue weighted by Gasteiger charge is 2.15.